The Morgan fingerprint density at radius 1 is 1.24 bits per heavy atom. The Bertz CT molecular complexity index is 958. The maximum atomic E-state index is 12.6. The van der Waals surface area contributed by atoms with Gasteiger partial charge in [0.25, 0.3) is 0 Å². The van der Waals surface area contributed by atoms with Gasteiger partial charge in [0.1, 0.15) is 6.54 Å². The minimum atomic E-state index is -4.34. The molecule has 0 bridgehead atoms. The molecule has 4 heterocycles. The molecule has 3 aromatic heterocycles. The minimum Gasteiger partial charge on any atom is -0.476 e. The maximum absolute atomic E-state index is 12.6. The van der Waals surface area contributed by atoms with Crippen LogP contribution in [0.5, 0.6) is 5.88 Å². The van der Waals surface area contributed by atoms with Crippen molar-refractivity contribution in [1.29, 1.82) is 0 Å². The van der Waals surface area contributed by atoms with E-state index in [0.717, 1.165) is 30.6 Å². The molecule has 1 saturated heterocycles. The second-order valence-corrected chi connectivity index (χ2v) is 6.80. The zero-order valence-corrected chi connectivity index (χ0v) is 16.2. The summed E-state index contributed by atoms with van der Waals surface area (Å²) in [6.45, 7) is 1.23. The van der Waals surface area contributed by atoms with Gasteiger partial charge in [-0.05, 0) is 25.5 Å². The standard InChI is InChI=1S/C18H19F3N6O.ClH/c19-18(20,21)11-27-9-13(8-25-27)14-6-15-16(24-5-4-23-15)17(26-14)28-10-12-2-1-3-22-7-12;/h4-6,8-9,12,22H,1-3,7,10-11H2;1H/t12-;/m0./s1. The highest BCUT2D eigenvalue weighted by Crippen LogP contribution is 2.28. The Morgan fingerprint density at radius 3 is 2.83 bits per heavy atom. The lowest BCUT2D eigenvalue weighted by molar-refractivity contribution is -0.142. The molecule has 0 aliphatic carbocycles. The van der Waals surface area contributed by atoms with Crippen molar-refractivity contribution in [2.24, 2.45) is 5.92 Å². The first-order chi connectivity index (χ1) is 13.5. The summed E-state index contributed by atoms with van der Waals surface area (Å²) in [7, 11) is 0. The van der Waals surface area contributed by atoms with Crippen LogP contribution in [0.1, 0.15) is 12.8 Å². The Morgan fingerprint density at radius 2 is 2.07 bits per heavy atom. The Kier molecular flexibility index (Phi) is 6.53. The van der Waals surface area contributed by atoms with Crippen molar-refractivity contribution >= 4 is 23.4 Å². The topological polar surface area (TPSA) is 77.8 Å². The number of rotatable bonds is 5. The third kappa shape index (κ3) is 5.33. The molecule has 1 N–H and O–H groups in total. The summed E-state index contributed by atoms with van der Waals surface area (Å²) in [6, 6.07) is 1.67. The number of piperidine rings is 1. The van der Waals surface area contributed by atoms with E-state index in [4.69, 9.17) is 4.74 Å². The van der Waals surface area contributed by atoms with Crippen LogP contribution in [0.4, 0.5) is 13.2 Å². The van der Waals surface area contributed by atoms with Gasteiger partial charge < -0.3 is 10.1 Å². The van der Waals surface area contributed by atoms with Crippen LogP contribution in [0.2, 0.25) is 0 Å². The lowest BCUT2D eigenvalue weighted by Gasteiger charge is -2.22. The molecule has 7 nitrogen and oxygen atoms in total. The third-order valence-electron chi connectivity index (χ3n) is 4.55. The van der Waals surface area contributed by atoms with Crippen molar-refractivity contribution < 1.29 is 17.9 Å². The fourth-order valence-electron chi connectivity index (χ4n) is 3.22. The quantitative estimate of drug-likeness (QED) is 0.672. The molecular formula is C18H20ClF3N6O. The van der Waals surface area contributed by atoms with Crippen LogP contribution >= 0.6 is 12.4 Å². The summed E-state index contributed by atoms with van der Waals surface area (Å²) >= 11 is 0. The molecule has 0 radical (unpaired) electrons. The Balaban J connectivity index is 0.00000240. The van der Waals surface area contributed by atoms with Gasteiger partial charge in [0, 0.05) is 36.6 Å². The number of nitrogens with one attached hydrogen (secondary N) is 1. The molecule has 0 unspecified atom stereocenters. The lowest BCUT2D eigenvalue weighted by atomic mass is 10.0. The van der Waals surface area contributed by atoms with Crippen LogP contribution < -0.4 is 10.1 Å². The molecule has 0 saturated carbocycles. The van der Waals surface area contributed by atoms with Crippen LogP contribution in [0.3, 0.4) is 0 Å². The number of ether oxygens (including phenoxy) is 1. The normalized spacial score (nSPS) is 17.1. The zero-order chi connectivity index (χ0) is 19.6. The van der Waals surface area contributed by atoms with Gasteiger partial charge in [-0.25, -0.2) is 9.97 Å². The van der Waals surface area contributed by atoms with E-state index in [9.17, 15) is 13.2 Å². The summed E-state index contributed by atoms with van der Waals surface area (Å²) in [5, 5.41) is 7.11. The molecule has 1 atom stereocenters. The van der Waals surface area contributed by atoms with Crippen LogP contribution in [-0.2, 0) is 6.54 Å². The average molecular weight is 429 g/mol. The zero-order valence-electron chi connectivity index (χ0n) is 15.4. The molecule has 0 amide bonds. The summed E-state index contributed by atoms with van der Waals surface area (Å²) < 4.78 is 44.5. The average Bonchev–Trinajstić information content (AvgIpc) is 3.13. The van der Waals surface area contributed by atoms with E-state index in [1.54, 1.807) is 18.5 Å². The maximum Gasteiger partial charge on any atom is 0.408 e. The lowest BCUT2D eigenvalue weighted by Crippen LogP contribution is -2.33. The number of hydrogen-bond donors (Lipinski definition) is 1. The van der Waals surface area contributed by atoms with E-state index >= 15 is 0 Å². The van der Waals surface area contributed by atoms with Gasteiger partial charge in [-0.2, -0.15) is 18.3 Å². The van der Waals surface area contributed by atoms with Gasteiger partial charge in [0.15, 0.2) is 5.52 Å². The number of halogens is 4. The second-order valence-electron chi connectivity index (χ2n) is 6.80. The highest BCUT2D eigenvalue weighted by Gasteiger charge is 2.28. The number of aromatic nitrogens is 5. The highest BCUT2D eigenvalue weighted by atomic mass is 35.5. The van der Waals surface area contributed by atoms with Gasteiger partial charge in [0.05, 0.1) is 24.0 Å². The molecule has 11 heteroatoms. The molecule has 3 aromatic rings. The Hall–Kier alpha value is -2.46. The van der Waals surface area contributed by atoms with Crippen molar-refractivity contribution in [3.05, 3.63) is 30.9 Å². The largest absolute Gasteiger partial charge is 0.476 e. The minimum absolute atomic E-state index is 0. The fourth-order valence-corrected chi connectivity index (χ4v) is 3.22. The summed E-state index contributed by atoms with van der Waals surface area (Å²) in [4.78, 5) is 13.1. The first kappa shape index (κ1) is 21.3. The molecular weight excluding hydrogens is 409 g/mol. The first-order valence-corrected chi connectivity index (χ1v) is 9.03. The molecule has 1 fully saturated rings. The molecule has 0 spiro atoms. The smallest absolute Gasteiger partial charge is 0.408 e. The van der Waals surface area contributed by atoms with Gasteiger partial charge in [-0.3, -0.25) is 9.67 Å². The number of fused-ring (bicyclic) bond motifs is 1. The van der Waals surface area contributed by atoms with E-state index in [2.05, 4.69) is 25.4 Å². The summed E-state index contributed by atoms with van der Waals surface area (Å²) in [5.74, 6) is 0.704. The molecule has 156 valence electrons. The summed E-state index contributed by atoms with van der Waals surface area (Å²) in [6.07, 6.45) is 3.60. The monoisotopic (exact) mass is 428 g/mol. The third-order valence-corrected chi connectivity index (χ3v) is 4.55. The van der Waals surface area contributed by atoms with Crippen LogP contribution in [-0.4, -0.2) is 50.6 Å². The van der Waals surface area contributed by atoms with Crippen LogP contribution in [0.25, 0.3) is 22.3 Å². The van der Waals surface area contributed by atoms with E-state index in [0.29, 0.717) is 40.7 Å². The van der Waals surface area contributed by atoms with Crippen LogP contribution in [0.15, 0.2) is 30.9 Å². The van der Waals surface area contributed by atoms with Crippen molar-refractivity contribution in [1.82, 2.24) is 30.0 Å². The summed E-state index contributed by atoms with van der Waals surface area (Å²) in [5.41, 5.74) is 1.99. The SMILES string of the molecule is Cl.FC(F)(F)Cn1cc(-c2cc3nccnc3c(OC[C@H]3CCCNC3)n2)cn1. The van der Waals surface area contributed by atoms with Gasteiger partial charge >= 0.3 is 6.18 Å². The van der Waals surface area contributed by atoms with Crippen molar-refractivity contribution in [2.75, 3.05) is 19.7 Å². The molecule has 29 heavy (non-hydrogen) atoms. The van der Waals surface area contributed by atoms with Crippen molar-refractivity contribution in [3.63, 3.8) is 0 Å². The fraction of sp³-hybridized carbons (Fsp3) is 0.444. The Labute approximate surface area is 171 Å². The van der Waals surface area contributed by atoms with Gasteiger partial charge in [0.2, 0.25) is 5.88 Å². The van der Waals surface area contributed by atoms with Crippen molar-refractivity contribution in [3.8, 4) is 17.1 Å². The van der Waals surface area contributed by atoms with E-state index < -0.39 is 12.7 Å². The number of alkyl halides is 3. The van der Waals surface area contributed by atoms with E-state index in [1.165, 1.54) is 12.4 Å². The predicted molar refractivity (Wildman–Crippen MR) is 103 cm³/mol. The molecule has 4 rings (SSSR count). The number of hydrogen-bond acceptors (Lipinski definition) is 6. The van der Waals surface area contributed by atoms with E-state index in [-0.39, 0.29) is 12.4 Å². The van der Waals surface area contributed by atoms with Crippen LogP contribution in [0, 0.1) is 5.92 Å². The van der Waals surface area contributed by atoms with Gasteiger partial charge in [-0.15, -0.1) is 12.4 Å². The number of nitrogens with zero attached hydrogens (tertiary/aromatic N) is 5. The second kappa shape index (κ2) is 8.91. The first-order valence-electron chi connectivity index (χ1n) is 9.03. The molecule has 1 aliphatic rings. The highest BCUT2D eigenvalue weighted by molar-refractivity contribution is 5.85. The van der Waals surface area contributed by atoms with E-state index in [1.807, 2.05) is 0 Å². The predicted octanol–water partition coefficient (Wildman–Crippen LogP) is 3.25. The molecule has 1 aliphatic heterocycles. The van der Waals surface area contributed by atoms with Crippen molar-refractivity contribution in [2.45, 2.75) is 25.6 Å². The van der Waals surface area contributed by atoms with Gasteiger partial charge in [-0.1, -0.05) is 0 Å². The number of pyridine rings is 1. The molecule has 0 aromatic carbocycles.